The first-order valence-electron chi connectivity index (χ1n) is 5.37. The maximum absolute atomic E-state index is 12.9. The number of hydrogen-bond acceptors (Lipinski definition) is 2. The Kier molecular flexibility index (Phi) is 4.01. The molecule has 2 rings (SSSR count). The summed E-state index contributed by atoms with van der Waals surface area (Å²) in [6, 6.07) is 7.69. The molecule has 0 radical (unpaired) electrons. The third kappa shape index (κ3) is 3.11. The van der Waals surface area contributed by atoms with Gasteiger partial charge in [-0.1, -0.05) is 29.3 Å². The predicted molar refractivity (Wildman–Crippen MR) is 72.4 cm³/mol. The summed E-state index contributed by atoms with van der Waals surface area (Å²) in [5, 5.41) is 0.229. The van der Waals surface area contributed by atoms with Gasteiger partial charge in [0, 0.05) is 5.69 Å². The lowest BCUT2D eigenvalue weighted by Gasteiger charge is -2.15. The highest BCUT2D eigenvalue weighted by Gasteiger charge is 2.35. The number of nitrogens with two attached hydrogens (primary N) is 1. The Labute approximate surface area is 122 Å². The van der Waals surface area contributed by atoms with E-state index in [9.17, 15) is 13.2 Å². The first-order chi connectivity index (χ1) is 9.29. The lowest BCUT2D eigenvalue weighted by molar-refractivity contribution is -0.138. The summed E-state index contributed by atoms with van der Waals surface area (Å²) in [4.78, 5) is 0. The summed E-state index contributed by atoms with van der Waals surface area (Å²) in [5.41, 5.74) is 4.38. The molecule has 0 aliphatic rings. The average Bonchev–Trinajstić information content (AvgIpc) is 2.36. The molecule has 0 spiro atoms. The number of hydrogen-bond donors (Lipinski definition) is 1. The molecule has 0 saturated heterocycles. The second kappa shape index (κ2) is 5.42. The minimum Gasteiger partial charge on any atom is -0.455 e. The Bertz CT molecular complexity index is 644. The van der Waals surface area contributed by atoms with Gasteiger partial charge in [-0.2, -0.15) is 13.2 Å². The molecule has 0 atom stereocenters. The highest BCUT2D eigenvalue weighted by molar-refractivity contribution is 6.42. The maximum Gasteiger partial charge on any atom is 0.420 e. The van der Waals surface area contributed by atoms with Crippen molar-refractivity contribution in [3.8, 4) is 11.5 Å². The molecule has 106 valence electrons. The topological polar surface area (TPSA) is 35.2 Å². The van der Waals surface area contributed by atoms with Crippen LogP contribution in [0.1, 0.15) is 5.56 Å². The average molecular weight is 322 g/mol. The fourth-order valence-electron chi connectivity index (χ4n) is 1.54. The normalized spacial score (nSPS) is 11.4. The fraction of sp³-hybridized carbons (Fsp3) is 0.0769. The molecule has 2 nitrogen and oxygen atoms in total. The predicted octanol–water partition coefficient (Wildman–Crippen LogP) is 5.39. The smallest absolute Gasteiger partial charge is 0.420 e. The largest absolute Gasteiger partial charge is 0.455 e. The highest BCUT2D eigenvalue weighted by atomic mass is 35.5. The Hall–Kier alpha value is -1.59. The number of alkyl halides is 3. The van der Waals surface area contributed by atoms with Crippen LogP contribution in [0.15, 0.2) is 36.4 Å². The standard InChI is InChI=1S/C13H8Cl2F3NO/c14-9-2-1-3-11(12(9)15)20-10-5-4-7(19)6-8(10)13(16,17)18/h1-6H,19H2. The van der Waals surface area contributed by atoms with Crippen LogP contribution in [0, 0.1) is 0 Å². The summed E-state index contributed by atoms with van der Waals surface area (Å²) in [6.45, 7) is 0. The Balaban J connectivity index is 2.46. The summed E-state index contributed by atoms with van der Waals surface area (Å²) < 4.78 is 44.0. The number of nitrogen functional groups attached to an aromatic ring is 1. The summed E-state index contributed by atoms with van der Waals surface area (Å²) in [6.07, 6.45) is -4.59. The first kappa shape index (κ1) is 14.8. The van der Waals surface area contributed by atoms with Crippen LogP contribution in [-0.2, 0) is 6.18 Å². The van der Waals surface area contributed by atoms with Gasteiger partial charge in [0.05, 0.1) is 5.02 Å². The van der Waals surface area contributed by atoms with Gasteiger partial charge in [0.1, 0.15) is 22.1 Å². The SMILES string of the molecule is Nc1ccc(Oc2cccc(Cl)c2Cl)c(C(F)(F)F)c1. The van der Waals surface area contributed by atoms with Crippen molar-refractivity contribution in [1.82, 2.24) is 0 Å². The van der Waals surface area contributed by atoms with Gasteiger partial charge in [-0.15, -0.1) is 0 Å². The van der Waals surface area contributed by atoms with Crippen molar-refractivity contribution < 1.29 is 17.9 Å². The van der Waals surface area contributed by atoms with E-state index in [0.29, 0.717) is 0 Å². The zero-order valence-electron chi connectivity index (χ0n) is 9.84. The van der Waals surface area contributed by atoms with Crippen molar-refractivity contribution in [3.05, 3.63) is 52.0 Å². The monoisotopic (exact) mass is 321 g/mol. The molecular weight excluding hydrogens is 314 g/mol. The van der Waals surface area contributed by atoms with Gasteiger partial charge in [-0.3, -0.25) is 0 Å². The van der Waals surface area contributed by atoms with Crippen LogP contribution in [0.5, 0.6) is 11.5 Å². The molecule has 0 aliphatic heterocycles. The molecule has 2 N–H and O–H groups in total. The van der Waals surface area contributed by atoms with Crippen LogP contribution in [-0.4, -0.2) is 0 Å². The van der Waals surface area contributed by atoms with Crippen LogP contribution in [0.25, 0.3) is 0 Å². The van der Waals surface area contributed by atoms with Crippen LogP contribution in [0.2, 0.25) is 10.0 Å². The van der Waals surface area contributed by atoms with Crippen molar-refractivity contribution in [2.75, 3.05) is 5.73 Å². The van der Waals surface area contributed by atoms with Crippen LogP contribution >= 0.6 is 23.2 Å². The van der Waals surface area contributed by atoms with Gasteiger partial charge in [-0.05, 0) is 30.3 Å². The van der Waals surface area contributed by atoms with E-state index < -0.39 is 17.5 Å². The third-order valence-corrected chi connectivity index (χ3v) is 3.25. The lowest BCUT2D eigenvalue weighted by Crippen LogP contribution is -2.08. The van der Waals surface area contributed by atoms with E-state index in [-0.39, 0.29) is 21.5 Å². The molecule has 0 bridgehead atoms. The number of halogens is 5. The zero-order chi connectivity index (χ0) is 14.9. The van der Waals surface area contributed by atoms with E-state index in [0.717, 1.165) is 12.1 Å². The lowest BCUT2D eigenvalue weighted by atomic mass is 10.1. The number of rotatable bonds is 2. The molecule has 2 aromatic carbocycles. The minimum atomic E-state index is -4.59. The molecule has 0 aromatic heterocycles. The van der Waals surface area contributed by atoms with Crippen LogP contribution in [0.3, 0.4) is 0 Å². The second-order valence-electron chi connectivity index (χ2n) is 3.91. The van der Waals surface area contributed by atoms with Gasteiger partial charge in [0.2, 0.25) is 0 Å². The number of anilines is 1. The van der Waals surface area contributed by atoms with Crippen LogP contribution in [0.4, 0.5) is 18.9 Å². The molecule has 7 heteroatoms. The molecule has 0 aliphatic carbocycles. The number of ether oxygens (including phenoxy) is 1. The van der Waals surface area contributed by atoms with Gasteiger partial charge in [-0.25, -0.2) is 0 Å². The van der Waals surface area contributed by atoms with E-state index >= 15 is 0 Å². The van der Waals surface area contributed by atoms with Crippen molar-refractivity contribution in [2.45, 2.75) is 6.18 Å². The molecular formula is C13H8Cl2F3NO. The molecule has 0 heterocycles. The zero-order valence-corrected chi connectivity index (χ0v) is 11.4. The van der Waals surface area contributed by atoms with Crippen molar-refractivity contribution in [2.24, 2.45) is 0 Å². The van der Waals surface area contributed by atoms with Gasteiger partial charge >= 0.3 is 6.18 Å². The second-order valence-corrected chi connectivity index (χ2v) is 4.69. The van der Waals surface area contributed by atoms with Crippen molar-refractivity contribution in [1.29, 1.82) is 0 Å². The van der Waals surface area contributed by atoms with E-state index in [1.807, 2.05) is 0 Å². The summed E-state index contributed by atoms with van der Waals surface area (Å²) in [5.74, 6) is -0.356. The van der Waals surface area contributed by atoms with E-state index in [1.54, 1.807) is 0 Å². The van der Waals surface area contributed by atoms with E-state index in [1.165, 1.54) is 24.3 Å². The van der Waals surface area contributed by atoms with Crippen molar-refractivity contribution >= 4 is 28.9 Å². The van der Waals surface area contributed by atoms with E-state index in [2.05, 4.69) is 0 Å². The maximum atomic E-state index is 12.9. The molecule has 0 amide bonds. The fourth-order valence-corrected chi connectivity index (χ4v) is 1.87. The molecule has 20 heavy (non-hydrogen) atoms. The quantitative estimate of drug-likeness (QED) is 0.753. The van der Waals surface area contributed by atoms with E-state index in [4.69, 9.17) is 33.7 Å². The van der Waals surface area contributed by atoms with Gasteiger partial charge in [0.25, 0.3) is 0 Å². The van der Waals surface area contributed by atoms with Crippen LogP contribution < -0.4 is 10.5 Å². The molecule has 0 unspecified atom stereocenters. The highest BCUT2D eigenvalue weighted by Crippen LogP contribution is 2.41. The molecule has 2 aromatic rings. The number of benzene rings is 2. The Morgan fingerprint density at radius 1 is 1.00 bits per heavy atom. The van der Waals surface area contributed by atoms with Gasteiger partial charge in [0.15, 0.2) is 0 Å². The summed E-state index contributed by atoms with van der Waals surface area (Å²) >= 11 is 11.7. The third-order valence-electron chi connectivity index (χ3n) is 2.45. The Morgan fingerprint density at radius 2 is 1.70 bits per heavy atom. The Morgan fingerprint density at radius 3 is 2.35 bits per heavy atom. The minimum absolute atomic E-state index is 0.0122. The summed E-state index contributed by atoms with van der Waals surface area (Å²) in [7, 11) is 0. The first-order valence-corrected chi connectivity index (χ1v) is 6.13. The van der Waals surface area contributed by atoms with Gasteiger partial charge < -0.3 is 10.5 Å². The van der Waals surface area contributed by atoms with Crippen molar-refractivity contribution in [3.63, 3.8) is 0 Å². The molecule has 0 saturated carbocycles. The molecule has 0 fully saturated rings.